The van der Waals surface area contributed by atoms with Crippen LogP contribution in [0.3, 0.4) is 0 Å². The van der Waals surface area contributed by atoms with Gasteiger partial charge in [-0.15, -0.1) is 0 Å². The zero-order valence-electron chi connectivity index (χ0n) is 9.60. The van der Waals surface area contributed by atoms with Crippen molar-refractivity contribution in [3.63, 3.8) is 0 Å². The van der Waals surface area contributed by atoms with Crippen molar-refractivity contribution < 1.29 is 13.9 Å². The maximum Gasteiger partial charge on any atom is 0.433 e. The average Bonchev–Trinajstić information content (AvgIpc) is 2.95. The second kappa shape index (κ2) is 4.65. The van der Waals surface area contributed by atoms with Crippen LogP contribution in [0.1, 0.15) is 0 Å². The van der Waals surface area contributed by atoms with Crippen LogP contribution in [0.4, 0.5) is 11.9 Å². The first kappa shape index (κ1) is 11.8. The fourth-order valence-corrected chi connectivity index (χ4v) is 1.08. The first-order valence-electron chi connectivity index (χ1n) is 4.85. The SMILES string of the molecule is CN(C)C=Nc1nc(-c2ccc([N+](=O)[O-])o2)no1. The second-order valence-electron chi connectivity index (χ2n) is 3.50. The molecule has 0 saturated heterocycles. The molecule has 0 atom stereocenters. The Morgan fingerprint density at radius 3 is 2.89 bits per heavy atom. The van der Waals surface area contributed by atoms with Gasteiger partial charge in [0.25, 0.3) is 0 Å². The van der Waals surface area contributed by atoms with E-state index < -0.39 is 4.92 Å². The highest BCUT2D eigenvalue weighted by Gasteiger charge is 2.17. The van der Waals surface area contributed by atoms with E-state index >= 15 is 0 Å². The summed E-state index contributed by atoms with van der Waals surface area (Å²) >= 11 is 0. The molecule has 0 bridgehead atoms. The lowest BCUT2D eigenvalue weighted by molar-refractivity contribution is -0.401. The molecule has 0 saturated carbocycles. The van der Waals surface area contributed by atoms with Gasteiger partial charge in [0.15, 0.2) is 5.76 Å². The summed E-state index contributed by atoms with van der Waals surface area (Å²) in [5, 5.41) is 14.0. The molecule has 0 radical (unpaired) electrons. The number of rotatable bonds is 4. The van der Waals surface area contributed by atoms with E-state index in [2.05, 4.69) is 15.1 Å². The van der Waals surface area contributed by atoms with E-state index in [1.54, 1.807) is 19.0 Å². The van der Waals surface area contributed by atoms with E-state index in [-0.39, 0.29) is 23.5 Å². The summed E-state index contributed by atoms with van der Waals surface area (Å²) in [5.41, 5.74) is 0. The fraction of sp³-hybridized carbons (Fsp3) is 0.222. The summed E-state index contributed by atoms with van der Waals surface area (Å²) in [5.74, 6) is -0.126. The molecule has 2 aromatic heterocycles. The molecule has 2 rings (SSSR count). The Kier molecular flexibility index (Phi) is 3.04. The quantitative estimate of drug-likeness (QED) is 0.350. The van der Waals surface area contributed by atoms with Crippen LogP contribution in [0, 0.1) is 10.1 Å². The van der Waals surface area contributed by atoms with Crippen LogP contribution in [0.2, 0.25) is 0 Å². The average molecular weight is 251 g/mol. The van der Waals surface area contributed by atoms with Gasteiger partial charge >= 0.3 is 11.9 Å². The molecule has 0 fully saturated rings. The van der Waals surface area contributed by atoms with Gasteiger partial charge in [-0.05, 0) is 6.07 Å². The summed E-state index contributed by atoms with van der Waals surface area (Å²) < 4.78 is 9.75. The Hall–Kier alpha value is -2.71. The largest absolute Gasteiger partial charge is 0.433 e. The first-order chi connectivity index (χ1) is 8.56. The van der Waals surface area contributed by atoms with E-state index in [4.69, 9.17) is 8.94 Å². The van der Waals surface area contributed by atoms with Crippen molar-refractivity contribution in [3.8, 4) is 11.6 Å². The maximum atomic E-state index is 10.4. The molecule has 0 aliphatic carbocycles. The van der Waals surface area contributed by atoms with Gasteiger partial charge in [0, 0.05) is 14.1 Å². The molecule has 2 heterocycles. The second-order valence-corrected chi connectivity index (χ2v) is 3.50. The van der Waals surface area contributed by atoms with Gasteiger partial charge in [0.2, 0.25) is 5.82 Å². The fourth-order valence-electron chi connectivity index (χ4n) is 1.08. The normalized spacial score (nSPS) is 11.0. The van der Waals surface area contributed by atoms with E-state index in [0.29, 0.717) is 0 Å². The highest BCUT2D eigenvalue weighted by atomic mass is 16.6. The Bertz CT molecular complexity index is 585. The zero-order chi connectivity index (χ0) is 13.1. The van der Waals surface area contributed by atoms with Crippen molar-refractivity contribution >= 4 is 18.2 Å². The van der Waals surface area contributed by atoms with Crippen molar-refractivity contribution in [2.45, 2.75) is 0 Å². The van der Waals surface area contributed by atoms with Gasteiger partial charge in [-0.3, -0.25) is 10.1 Å². The molecule has 0 spiro atoms. The third-order valence-corrected chi connectivity index (χ3v) is 1.81. The molecule has 0 amide bonds. The van der Waals surface area contributed by atoms with Gasteiger partial charge in [0.1, 0.15) is 4.92 Å². The lowest BCUT2D eigenvalue weighted by atomic mass is 10.4. The van der Waals surface area contributed by atoms with Crippen molar-refractivity contribution in [2.24, 2.45) is 4.99 Å². The van der Waals surface area contributed by atoms with Gasteiger partial charge in [0.05, 0.1) is 12.4 Å². The van der Waals surface area contributed by atoms with Gasteiger partial charge in [-0.2, -0.15) is 9.98 Å². The predicted molar refractivity (Wildman–Crippen MR) is 60.5 cm³/mol. The molecule has 94 valence electrons. The number of aromatic nitrogens is 2. The number of hydrogen-bond donors (Lipinski definition) is 0. The Labute approximate surface area is 101 Å². The Balaban J connectivity index is 2.21. The smallest absolute Gasteiger partial charge is 0.397 e. The lowest BCUT2D eigenvalue weighted by Crippen LogP contribution is -2.06. The van der Waals surface area contributed by atoms with Crippen molar-refractivity contribution in [3.05, 3.63) is 22.2 Å². The van der Waals surface area contributed by atoms with Crippen LogP contribution < -0.4 is 0 Å². The highest BCUT2D eigenvalue weighted by molar-refractivity contribution is 5.58. The molecule has 0 aliphatic heterocycles. The van der Waals surface area contributed by atoms with Gasteiger partial charge < -0.3 is 13.8 Å². The predicted octanol–water partition coefficient (Wildman–Crippen LogP) is 1.46. The molecular weight excluding hydrogens is 242 g/mol. The molecule has 9 heteroatoms. The molecule has 0 aliphatic rings. The number of furan rings is 1. The van der Waals surface area contributed by atoms with Crippen molar-refractivity contribution in [1.29, 1.82) is 0 Å². The summed E-state index contributed by atoms with van der Waals surface area (Å²) in [6, 6.07) is 2.65. The number of nitro groups is 1. The third-order valence-electron chi connectivity index (χ3n) is 1.81. The van der Waals surface area contributed by atoms with E-state index in [0.717, 1.165) is 0 Å². The van der Waals surface area contributed by atoms with E-state index in [1.807, 2.05) is 0 Å². The summed E-state index contributed by atoms with van der Waals surface area (Å²) in [6.45, 7) is 0. The molecule has 0 N–H and O–H groups in total. The van der Waals surface area contributed by atoms with Crippen molar-refractivity contribution in [2.75, 3.05) is 14.1 Å². The number of nitrogens with zero attached hydrogens (tertiary/aromatic N) is 5. The minimum absolute atomic E-state index is 0.0396. The molecule has 0 aromatic carbocycles. The van der Waals surface area contributed by atoms with Gasteiger partial charge in [-0.1, -0.05) is 5.16 Å². The van der Waals surface area contributed by atoms with Crippen LogP contribution in [-0.4, -0.2) is 40.4 Å². The van der Waals surface area contributed by atoms with Crippen LogP contribution in [0.25, 0.3) is 11.6 Å². The monoisotopic (exact) mass is 251 g/mol. The highest BCUT2D eigenvalue weighted by Crippen LogP contribution is 2.24. The van der Waals surface area contributed by atoms with Crippen LogP contribution in [0.15, 0.2) is 26.1 Å². The van der Waals surface area contributed by atoms with Crippen LogP contribution >= 0.6 is 0 Å². The zero-order valence-corrected chi connectivity index (χ0v) is 9.60. The first-order valence-corrected chi connectivity index (χ1v) is 4.85. The van der Waals surface area contributed by atoms with Gasteiger partial charge in [-0.25, -0.2) is 0 Å². The van der Waals surface area contributed by atoms with E-state index in [1.165, 1.54) is 18.5 Å². The lowest BCUT2D eigenvalue weighted by Gasteiger charge is -1.99. The standard InChI is InChI=1S/C9H9N5O4/c1-13(2)5-10-9-11-8(12-18-9)6-3-4-7(17-6)14(15)16/h3-5H,1-2H3. The molecule has 0 unspecified atom stereocenters. The molecule has 18 heavy (non-hydrogen) atoms. The topological polar surface area (TPSA) is 111 Å². The minimum atomic E-state index is -0.644. The number of aliphatic imine (C=N–C) groups is 1. The Morgan fingerprint density at radius 2 is 2.28 bits per heavy atom. The Morgan fingerprint density at radius 1 is 1.50 bits per heavy atom. The van der Waals surface area contributed by atoms with Crippen molar-refractivity contribution in [1.82, 2.24) is 15.0 Å². The molecular formula is C9H9N5O4. The third kappa shape index (κ3) is 2.51. The number of hydrogen-bond acceptors (Lipinski definition) is 7. The van der Waals surface area contributed by atoms with Crippen LogP contribution in [-0.2, 0) is 0 Å². The van der Waals surface area contributed by atoms with E-state index in [9.17, 15) is 10.1 Å². The van der Waals surface area contributed by atoms with Crippen LogP contribution in [0.5, 0.6) is 0 Å². The summed E-state index contributed by atoms with van der Waals surface area (Å²) in [6.07, 6.45) is 1.49. The summed E-state index contributed by atoms with van der Waals surface area (Å²) in [7, 11) is 3.58. The minimum Gasteiger partial charge on any atom is -0.397 e. The summed E-state index contributed by atoms with van der Waals surface area (Å²) in [4.78, 5) is 19.3. The molecule has 2 aromatic rings. The maximum absolute atomic E-state index is 10.4. The molecule has 9 nitrogen and oxygen atoms in total.